The van der Waals surface area contributed by atoms with Crippen molar-refractivity contribution in [3.63, 3.8) is 0 Å². The van der Waals surface area contributed by atoms with E-state index in [0.717, 1.165) is 22.6 Å². The molecule has 25 heavy (non-hydrogen) atoms. The molecule has 0 saturated carbocycles. The average molecular weight is 340 g/mol. The van der Waals surface area contributed by atoms with Crippen LogP contribution in [0.3, 0.4) is 0 Å². The molecule has 7 nitrogen and oxygen atoms in total. The lowest BCUT2D eigenvalue weighted by Crippen LogP contribution is -2.59. The maximum Gasteiger partial charge on any atom is 0.331 e. The molecule has 1 atom stereocenters. The first-order valence-corrected chi connectivity index (χ1v) is 7.99. The number of imide groups is 1. The number of hydrogen-bond donors (Lipinski definition) is 0. The van der Waals surface area contributed by atoms with Gasteiger partial charge in [-0.1, -0.05) is 12.1 Å². The molecule has 0 spiro atoms. The number of amides is 3. The number of ether oxygens (including phenoxy) is 1. The normalized spacial score (nSPS) is 21.5. The highest BCUT2D eigenvalue weighted by molar-refractivity contribution is 6.31. The summed E-state index contributed by atoms with van der Waals surface area (Å²) in [6.45, 7) is 0.533. The van der Waals surface area contributed by atoms with Crippen molar-refractivity contribution < 1.29 is 14.3 Å². The summed E-state index contributed by atoms with van der Waals surface area (Å²) in [5, 5.41) is 0. The first kappa shape index (κ1) is 16.9. The van der Waals surface area contributed by atoms with Crippen LogP contribution in [0.25, 0.3) is 0 Å². The van der Waals surface area contributed by atoms with E-state index in [-0.39, 0.29) is 11.9 Å². The fourth-order valence-corrected chi connectivity index (χ4v) is 2.91. The molecule has 3 rings (SSSR count). The predicted octanol–water partition coefficient (Wildman–Crippen LogP) is 1.74. The van der Waals surface area contributed by atoms with E-state index in [1.807, 2.05) is 24.3 Å². The third-order valence-electron chi connectivity index (χ3n) is 4.33. The van der Waals surface area contributed by atoms with Crippen molar-refractivity contribution in [2.75, 3.05) is 27.7 Å². The highest BCUT2D eigenvalue weighted by Crippen LogP contribution is 2.22. The maximum absolute atomic E-state index is 12.5. The molecule has 7 heteroatoms. The summed E-state index contributed by atoms with van der Waals surface area (Å²) in [4.78, 5) is 35.8. The van der Waals surface area contributed by atoms with Gasteiger partial charge >= 0.3 is 6.03 Å². The summed E-state index contributed by atoms with van der Waals surface area (Å²) < 4.78 is 5.22. The molecule has 3 amide bonds. The fraction of sp³-hybridized carbons (Fsp3) is 0.333. The molecule has 2 heterocycles. The summed E-state index contributed by atoms with van der Waals surface area (Å²) in [6, 6.07) is 7.43. The smallest absolute Gasteiger partial charge is 0.331 e. The molecule has 0 bridgehead atoms. The quantitative estimate of drug-likeness (QED) is 0.838. The minimum Gasteiger partial charge on any atom is -0.497 e. The number of nitrogens with zero attached hydrogens (tertiary/aromatic N) is 4. The average Bonchev–Trinajstić information content (AvgIpc) is 2.64. The molecule has 0 aromatic heterocycles. The van der Waals surface area contributed by atoms with Crippen molar-refractivity contribution >= 4 is 23.5 Å². The van der Waals surface area contributed by atoms with Crippen molar-refractivity contribution in [1.82, 2.24) is 9.80 Å². The molecular weight excluding hydrogens is 320 g/mol. The summed E-state index contributed by atoms with van der Waals surface area (Å²) in [5.41, 5.74) is 1.74. The second-order valence-corrected chi connectivity index (χ2v) is 5.88. The summed E-state index contributed by atoms with van der Waals surface area (Å²) in [5.74, 6) is 0.312. The molecule has 0 N–H and O–H groups in total. The van der Waals surface area contributed by atoms with E-state index in [1.54, 1.807) is 26.4 Å². The van der Waals surface area contributed by atoms with Crippen LogP contribution < -0.4 is 4.74 Å². The zero-order chi connectivity index (χ0) is 18.0. The number of carbonyl (C=O) groups is 2. The lowest BCUT2D eigenvalue weighted by Gasteiger charge is -2.36. The van der Waals surface area contributed by atoms with Crippen LogP contribution in [0.1, 0.15) is 5.56 Å². The molecule has 1 unspecified atom stereocenters. The Morgan fingerprint density at radius 2 is 2.04 bits per heavy atom. The van der Waals surface area contributed by atoms with Crippen LogP contribution in [-0.4, -0.2) is 61.0 Å². The molecule has 130 valence electrons. The van der Waals surface area contributed by atoms with Gasteiger partial charge in [0.05, 0.1) is 12.8 Å². The van der Waals surface area contributed by atoms with Gasteiger partial charge in [-0.05, 0) is 30.2 Å². The van der Waals surface area contributed by atoms with Gasteiger partial charge in [-0.25, -0.2) is 9.79 Å². The fourth-order valence-electron chi connectivity index (χ4n) is 2.91. The van der Waals surface area contributed by atoms with Gasteiger partial charge in [-0.15, -0.1) is 0 Å². The number of carbonyl (C=O) groups excluding carboxylic acids is 2. The number of hydrogen-bond acceptors (Lipinski definition) is 5. The predicted molar refractivity (Wildman–Crippen MR) is 95.0 cm³/mol. The third kappa shape index (κ3) is 3.17. The van der Waals surface area contributed by atoms with Gasteiger partial charge in [0.25, 0.3) is 0 Å². The van der Waals surface area contributed by atoms with E-state index >= 15 is 0 Å². The lowest BCUT2D eigenvalue weighted by atomic mass is 9.95. The Bertz CT molecular complexity index is 797. The van der Waals surface area contributed by atoms with E-state index in [4.69, 9.17) is 4.74 Å². The van der Waals surface area contributed by atoms with Crippen molar-refractivity contribution in [2.24, 2.45) is 15.9 Å². The largest absolute Gasteiger partial charge is 0.497 e. The summed E-state index contributed by atoms with van der Waals surface area (Å²) in [7, 11) is 4.73. The topological polar surface area (TPSA) is 74.6 Å². The number of amidine groups is 1. The van der Waals surface area contributed by atoms with Crippen LogP contribution in [0.15, 0.2) is 46.5 Å². The highest BCUT2D eigenvalue weighted by atomic mass is 16.5. The highest BCUT2D eigenvalue weighted by Gasteiger charge is 2.43. The van der Waals surface area contributed by atoms with Crippen molar-refractivity contribution in [1.29, 1.82) is 0 Å². The lowest BCUT2D eigenvalue weighted by molar-refractivity contribution is -0.128. The van der Waals surface area contributed by atoms with Gasteiger partial charge in [0.1, 0.15) is 17.5 Å². The Balaban J connectivity index is 1.77. The minimum absolute atomic E-state index is 0.300. The van der Waals surface area contributed by atoms with Gasteiger partial charge in [0, 0.05) is 26.8 Å². The Labute approximate surface area is 146 Å². The van der Waals surface area contributed by atoms with E-state index < -0.39 is 5.92 Å². The second-order valence-electron chi connectivity index (χ2n) is 5.88. The molecule has 2 aliphatic heterocycles. The molecule has 1 saturated heterocycles. The van der Waals surface area contributed by atoms with Crippen molar-refractivity contribution in [3.05, 3.63) is 42.1 Å². The standard InChI is InChI=1S/C18H20N4O3/c1-21-16-15(17(23)22(2)18(21)24)14(8-10-20-16)19-9-7-12-5-4-6-13(11-12)25-3/h4-6,8,10-11,15H,7,9H2,1-3H3. The van der Waals surface area contributed by atoms with Gasteiger partial charge in [-0.2, -0.15) is 0 Å². The summed E-state index contributed by atoms with van der Waals surface area (Å²) >= 11 is 0. The minimum atomic E-state index is -0.622. The molecule has 0 radical (unpaired) electrons. The maximum atomic E-state index is 12.5. The number of benzene rings is 1. The number of aliphatic imine (C=N–C) groups is 2. The molecular formula is C18H20N4O3. The first-order chi connectivity index (χ1) is 12.0. The number of urea groups is 1. The molecule has 1 aromatic rings. The Hall–Kier alpha value is -2.96. The molecule has 1 fully saturated rings. The zero-order valence-electron chi connectivity index (χ0n) is 14.5. The van der Waals surface area contributed by atoms with E-state index in [1.165, 1.54) is 11.9 Å². The van der Waals surface area contributed by atoms with E-state index in [2.05, 4.69) is 9.98 Å². The van der Waals surface area contributed by atoms with Crippen LogP contribution in [0, 0.1) is 5.92 Å². The van der Waals surface area contributed by atoms with Crippen LogP contribution in [0.2, 0.25) is 0 Å². The number of rotatable bonds is 4. The Morgan fingerprint density at radius 3 is 2.80 bits per heavy atom. The monoisotopic (exact) mass is 340 g/mol. The first-order valence-electron chi connectivity index (χ1n) is 7.99. The van der Waals surface area contributed by atoms with Crippen LogP contribution >= 0.6 is 0 Å². The third-order valence-corrected chi connectivity index (χ3v) is 4.33. The number of methoxy groups -OCH3 is 1. The number of allylic oxidation sites excluding steroid dienone is 1. The Morgan fingerprint density at radius 1 is 1.24 bits per heavy atom. The molecule has 0 aliphatic carbocycles. The SMILES string of the molecule is COc1cccc(CCN=C2C=CN=C3C2C(=O)N(C)C(=O)N3C)c1. The second kappa shape index (κ2) is 6.88. The molecule has 1 aromatic carbocycles. The molecule has 2 aliphatic rings. The van der Waals surface area contributed by atoms with E-state index in [9.17, 15) is 9.59 Å². The van der Waals surface area contributed by atoms with Crippen molar-refractivity contribution in [3.8, 4) is 5.75 Å². The van der Waals surface area contributed by atoms with Gasteiger partial charge in [-0.3, -0.25) is 19.6 Å². The van der Waals surface area contributed by atoms with Gasteiger partial charge < -0.3 is 4.74 Å². The summed E-state index contributed by atoms with van der Waals surface area (Å²) in [6.07, 6.45) is 4.04. The van der Waals surface area contributed by atoms with Crippen LogP contribution in [0.4, 0.5) is 4.79 Å². The Kier molecular flexibility index (Phi) is 4.65. The van der Waals surface area contributed by atoms with Crippen LogP contribution in [-0.2, 0) is 11.2 Å². The number of fused-ring (bicyclic) bond motifs is 1. The van der Waals surface area contributed by atoms with Crippen molar-refractivity contribution in [2.45, 2.75) is 6.42 Å². The van der Waals surface area contributed by atoms with Crippen LogP contribution in [0.5, 0.6) is 5.75 Å². The van der Waals surface area contributed by atoms with Gasteiger partial charge in [0.2, 0.25) is 5.91 Å². The van der Waals surface area contributed by atoms with Gasteiger partial charge in [0.15, 0.2) is 0 Å². The van der Waals surface area contributed by atoms with E-state index in [0.29, 0.717) is 18.1 Å². The zero-order valence-corrected chi connectivity index (χ0v) is 14.5.